The summed E-state index contributed by atoms with van der Waals surface area (Å²) in [6, 6.07) is 11.1. The number of alkyl halides is 3. The lowest BCUT2D eigenvalue weighted by atomic mass is 9.98. The highest BCUT2D eigenvalue weighted by molar-refractivity contribution is 5.92. The molecule has 30 heavy (non-hydrogen) atoms. The first-order valence-corrected chi connectivity index (χ1v) is 9.93. The van der Waals surface area contributed by atoms with Gasteiger partial charge in [-0.05, 0) is 67.8 Å². The summed E-state index contributed by atoms with van der Waals surface area (Å²) in [5, 5.41) is 7.46. The summed E-state index contributed by atoms with van der Waals surface area (Å²) in [4.78, 5) is 9.07. The molecule has 1 aliphatic rings. The highest BCUT2D eigenvalue weighted by Crippen LogP contribution is 2.33. The lowest BCUT2D eigenvalue weighted by Crippen LogP contribution is -2.20. The normalized spacial score (nSPS) is 15.7. The second-order valence-corrected chi connectivity index (χ2v) is 7.52. The zero-order valence-electron chi connectivity index (χ0n) is 16.8. The Bertz CT molecular complexity index is 1110. The van der Waals surface area contributed by atoms with Crippen LogP contribution in [-0.4, -0.2) is 23.1 Å². The van der Waals surface area contributed by atoms with Gasteiger partial charge in [0.05, 0.1) is 11.1 Å². The summed E-state index contributed by atoms with van der Waals surface area (Å²) >= 11 is 0. The maximum absolute atomic E-state index is 13.1. The van der Waals surface area contributed by atoms with Crippen LogP contribution in [0, 0.1) is 6.92 Å². The molecule has 2 heterocycles. The van der Waals surface area contributed by atoms with Gasteiger partial charge in [-0.1, -0.05) is 24.3 Å². The van der Waals surface area contributed by atoms with Crippen molar-refractivity contribution in [3.8, 4) is 0 Å². The molecular formula is C23H23F3N4. The summed E-state index contributed by atoms with van der Waals surface area (Å²) < 4.78 is 39.3. The van der Waals surface area contributed by atoms with Gasteiger partial charge in [0.15, 0.2) is 0 Å². The first-order chi connectivity index (χ1) is 14.3. The summed E-state index contributed by atoms with van der Waals surface area (Å²) in [7, 11) is 0. The summed E-state index contributed by atoms with van der Waals surface area (Å²) in [6.45, 7) is 5.42. The van der Waals surface area contributed by atoms with Crippen LogP contribution in [0.4, 0.5) is 19.0 Å². The Balaban J connectivity index is 1.70. The van der Waals surface area contributed by atoms with E-state index in [0.717, 1.165) is 42.0 Å². The van der Waals surface area contributed by atoms with Crippen molar-refractivity contribution in [1.82, 2.24) is 15.3 Å². The minimum Gasteiger partial charge on any atom is -0.363 e. The molecule has 0 unspecified atom stereocenters. The van der Waals surface area contributed by atoms with Crippen molar-refractivity contribution < 1.29 is 13.2 Å². The van der Waals surface area contributed by atoms with Crippen LogP contribution in [0.5, 0.6) is 0 Å². The molecule has 1 aromatic heterocycles. The van der Waals surface area contributed by atoms with E-state index in [1.165, 1.54) is 17.7 Å². The van der Waals surface area contributed by atoms with E-state index in [9.17, 15) is 13.2 Å². The SMILES string of the molecule is Cc1nc(N[C@H](C)c2cccc(C(F)(F)F)c2)c2cc(C3=CCNCC3)ccc2n1. The van der Waals surface area contributed by atoms with Gasteiger partial charge in [0, 0.05) is 18.0 Å². The monoisotopic (exact) mass is 412 g/mol. The van der Waals surface area contributed by atoms with Gasteiger partial charge in [-0.3, -0.25) is 0 Å². The molecule has 1 atom stereocenters. The van der Waals surface area contributed by atoms with E-state index in [4.69, 9.17) is 0 Å². The molecule has 0 spiro atoms. The number of aromatic nitrogens is 2. The summed E-state index contributed by atoms with van der Waals surface area (Å²) in [5.41, 5.74) is 3.09. The molecule has 0 amide bonds. The Labute approximate surface area is 173 Å². The second kappa shape index (κ2) is 8.07. The number of aryl methyl sites for hydroxylation is 1. The van der Waals surface area contributed by atoms with Crippen molar-refractivity contribution in [2.24, 2.45) is 0 Å². The highest BCUT2D eigenvalue weighted by atomic mass is 19.4. The molecule has 1 aliphatic heterocycles. The van der Waals surface area contributed by atoms with Gasteiger partial charge in [0.1, 0.15) is 11.6 Å². The maximum Gasteiger partial charge on any atom is 0.416 e. The van der Waals surface area contributed by atoms with Crippen LogP contribution in [0.3, 0.4) is 0 Å². The van der Waals surface area contributed by atoms with Crippen LogP contribution in [0.25, 0.3) is 16.5 Å². The highest BCUT2D eigenvalue weighted by Gasteiger charge is 2.30. The third-order valence-electron chi connectivity index (χ3n) is 5.31. The van der Waals surface area contributed by atoms with Crippen LogP contribution >= 0.6 is 0 Å². The van der Waals surface area contributed by atoms with Gasteiger partial charge in [0.2, 0.25) is 0 Å². The van der Waals surface area contributed by atoms with Crippen molar-refractivity contribution in [3.63, 3.8) is 0 Å². The van der Waals surface area contributed by atoms with E-state index in [1.807, 2.05) is 19.9 Å². The molecule has 0 aliphatic carbocycles. The Morgan fingerprint density at radius 1 is 1.10 bits per heavy atom. The average molecular weight is 412 g/mol. The molecule has 156 valence electrons. The average Bonchev–Trinajstić information content (AvgIpc) is 2.73. The molecule has 0 saturated carbocycles. The first-order valence-electron chi connectivity index (χ1n) is 9.93. The number of benzene rings is 2. The van der Waals surface area contributed by atoms with Crippen LogP contribution in [0.2, 0.25) is 0 Å². The number of halogens is 3. The van der Waals surface area contributed by atoms with Crippen LogP contribution in [-0.2, 0) is 6.18 Å². The number of anilines is 1. The van der Waals surface area contributed by atoms with Crippen molar-refractivity contribution in [1.29, 1.82) is 0 Å². The zero-order chi connectivity index (χ0) is 21.3. The zero-order valence-corrected chi connectivity index (χ0v) is 16.8. The van der Waals surface area contributed by atoms with Gasteiger partial charge in [0.25, 0.3) is 0 Å². The number of nitrogens with one attached hydrogen (secondary N) is 2. The van der Waals surface area contributed by atoms with Crippen molar-refractivity contribution in [2.75, 3.05) is 18.4 Å². The first kappa shape index (κ1) is 20.3. The molecule has 0 saturated heterocycles. The van der Waals surface area contributed by atoms with Gasteiger partial charge in [-0.15, -0.1) is 0 Å². The predicted molar refractivity (Wildman–Crippen MR) is 113 cm³/mol. The number of hydrogen-bond acceptors (Lipinski definition) is 4. The van der Waals surface area contributed by atoms with E-state index >= 15 is 0 Å². The fraction of sp³-hybridized carbons (Fsp3) is 0.304. The van der Waals surface area contributed by atoms with Crippen molar-refractivity contribution >= 4 is 22.3 Å². The molecule has 0 bridgehead atoms. The summed E-state index contributed by atoms with van der Waals surface area (Å²) in [6.07, 6.45) is -1.24. The number of rotatable bonds is 4. The molecule has 0 radical (unpaired) electrons. The standard InChI is InChI=1S/C23H23F3N4/c1-14(17-4-3-5-19(12-17)23(24,25)26)28-22-20-13-18(16-8-10-27-11-9-16)6-7-21(20)29-15(2)30-22/h3-8,12-14,27H,9-11H2,1-2H3,(H,28,29,30)/t14-/m1/s1. The Hall–Kier alpha value is -2.93. The third-order valence-corrected chi connectivity index (χ3v) is 5.31. The maximum atomic E-state index is 13.1. The third kappa shape index (κ3) is 4.31. The van der Waals surface area contributed by atoms with Gasteiger partial charge in [-0.25, -0.2) is 9.97 Å². The quantitative estimate of drug-likeness (QED) is 0.594. The molecule has 7 heteroatoms. The molecule has 4 rings (SSSR count). The predicted octanol–water partition coefficient (Wildman–Crippen LogP) is 5.51. The van der Waals surface area contributed by atoms with E-state index in [2.05, 4.69) is 38.8 Å². The lowest BCUT2D eigenvalue weighted by Gasteiger charge is -2.19. The topological polar surface area (TPSA) is 49.8 Å². The van der Waals surface area contributed by atoms with Crippen LogP contribution in [0.15, 0.2) is 48.5 Å². The fourth-order valence-corrected chi connectivity index (χ4v) is 3.71. The molecule has 0 fully saturated rings. The second-order valence-electron chi connectivity index (χ2n) is 7.52. The van der Waals surface area contributed by atoms with Gasteiger partial charge < -0.3 is 10.6 Å². The Morgan fingerprint density at radius 3 is 2.67 bits per heavy atom. The molecule has 3 aromatic rings. The van der Waals surface area contributed by atoms with Gasteiger partial charge >= 0.3 is 6.18 Å². The summed E-state index contributed by atoms with van der Waals surface area (Å²) in [5.74, 6) is 1.23. The Kier molecular flexibility index (Phi) is 5.47. The van der Waals surface area contributed by atoms with E-state index < -0.39 is 11.7 Å². The van der Waals surface area contributed by atoms with E-state index in [1.54, 1.807) is 6.07 Å². The van der Waals surface area contributed by atoms with Crippen molar-refractivity contribution in [2.45, 2.75) is 32.5 Å². The fourth-order valence-electron chi connectivity index (χ4n) is 3.71. The molecular weight excluding hydrogens is 389 g/mol. The van der Waals surface area contributed by atoms with Crippen LogP contribution < -0.4 is 10.6 Å². The lowest BCUT2D eigenvalue weighted by molar-refractivity contribution is -0.137. The van der Waals surface area contributed by atoms with Crippen molar-refractivity contribution in [3.05, 3.63) is 71.1 Å². The molecule has 2 N–H and O–H groups in total. The van der Waals surface area contributed by atoms with E-state index in [0.29, 0.717) is 17.2 Å². The molecule has 4 nitrogen and oxygen atoms in total. The number of hydrogen-bond donors (Lipinski definition) is 2. The smallest absolute Gasteiger partial charge is 0.363 e. The molecule has 2 aromatic carbocycles. The minimum absolute atomic E-state index is 0.355. The van der Waals surface area contributed by atoms with E-state index in [-0.39, 0.29) is 6.04 Å². The van der Waals surface area contributed by atoms with Gasteiger partial charge in [-0.2, -0.15) is 13.2 Å². The van der Waals surface area contributed by atoms with Crippen LogP contribution in [0.1, 0.15) is 41.9 Å². The largest absolute Gasteiger partial charge is 0.416 e. The Morgan fingerprint density at radius 2 is 1.93 bits per heavy atom. The minimum atomic E-state index is -4.37. The number of nitrogens with zero attached hydrogens (tertiary/aromatic N) is 2. The number of fused-ring (bicyclic) bond motifs is 1.